The SMILES string of the molecule is CC(=O)c1ccc2sc3ncccc3c(=O)c2c1. The number of hydrogen-bond acceptors (Lipinski definition) is 4. The molecule has 0 unspecified atom stereocenters. The highest BCUT2D eigenvalue weighted by Crippen LogP contribution is 2.23. The van der Waals surface area contributed by atoms with Crippen molar-refractivity contribution in [3.63, 3.8) is 0 Å². The molecule has 0 aliphatic carbocycles. The van der Waals surface area contributed by atoms with Crippen LogP contribution >= 0.6 is 11.3 Å². The van der Waals surface area contributed by atoms with Crippen LogP contribution < -0.4 is 5.43 Å². The fourth-order valence-electron chi connectivity index (χ4n) is 1.91. The van der Waals surface area contributed by atoms with Crippen LogP contribution in [-0.2, 0) is 0 Å². The van der Waals surface area contributed by atoms with Crippen LogP contribution in [-0.4, -0.2) is 10.8 Å². The largest absolute Gasteiger partial charge is 0.295 e. The van der Waals surface area contributed by atoms with Crippen LogP contribution in [0, 0.1) is 0 Å². The molecule has 2 aromatic heterocycles. The summed E-state index contributed by atoms with van der Waals surface area (Å²) in [6.07, 6.45) is 1.67. The van der Waals surface area contributed by atoms with Crippen LogP contribution in [0.25, 0.3) is 20.3 Å². The number of benzene rings is 1. The number of pyridine rings is 1. The molecule has 0 bridgehead atoms. The lowest BCUT2D eigenvalue weighted by Gasteiger charge is -2.01. The lowest BCUT2D eigenvalue weighted by atomic mass is 10.1. The molecule has 1 aromatic carbocycles. The summed E-state index contributed by atoms with van der Waals surface area (Å²) in [4.78, 5) is 28.6. The Bertz CT molecular complexity index is 836. The normalized spacial score (nSPS) is 10.9. The molecule has 88 valence electrons. The first kappa shape index (κ1) is 11.0. The quantitative estimate of drug-likeness (QED) is 0.496. The zero-order valence-corrected chi connectivity index (χ0v) is 10.5. The van der Waals surface area contributed by atoms with Crippen molar-refractivity contribution >= 4 is 37.4 Å². The maximum Gasteiger partial charge on any atom is 0.197 e. The summed E-state index contributed by atoms with van der Waals surface area (Å²) in [6.45, 7) is 1.50. The van der Waals surface area contributed by atoms with Gasteiger partial charge in [0.05, 0.1) is 5.39 Å². The molecule has 18 heavy (non-hydrogen) atoms. The Kier molecular flexibility index (Phi) is 2.45. The smallest absolute Gasteiger partial charge is 0.197 e. The predicted octanol–water partition coefficient (Wildman–Crippen LogP) is 3.01. The number of ketones is 1. The van der Waals surface area contributed by atoms with Gasteiger partial charge in [0, 0.05) is 21.8 Å². The van der Waals surface area contributed by atoms with Gasteiger partial charge in [-0.05, 0) is 37.3 Å². The van der Waals surface area contributed by atoms with Crippen LogP contribution in [0.4, 0.5) is 0 Å². The molecule has 0 fully saturated rings. The minimum atomic E-state index is -0.0602. The standard InChI is InChI=1S/C14H9NO2S/c1-8(16)9-4-5-12-11(7-9)13(17)10-3-2-6-15-14(10)18-12/h2-7H,1H3. The molecule has 0 atom stereocenters. The first-order chi connectivity index (χ1) is 8.66. The van der Waals surface area contributed by atoms with Crippen LogP contribution in [0.3, 0.4) is 0 Å². The number of carbonyl (C=O) groups is 1. The van der Waals surface area contributed by atoms with E-state index in [0.717, 1.165) is 9.53 Å². The summed E-state index contributed by atoms with van der Waals surface area (Å²) in [5, 5.41) is 1.20. The van der Waals surface area contributed by atoms with E-state index in [2.05, 4.69) is 4.98 Å². The second kappa shape index (κ2) is 3.99. The van der Waals surface area contributed by atoms with Gasteiger partial charge in [0.1, 0.15) is 4.83 Å². The monoisotopic (exact) mass is 255 g/mol. The third-order valence-corrected chi connectivity index (χ3v) is 3.95. The van der Waals surface area contributed by atoms with E-state index in [0.29, 0.717) is 16.3 Å². The number of aromatic nitrogens is 1. The second-order valence-electron chi connectivity index (χ2n) is 4.05. The molecule has 0 spiro atoms. The van der Waals surface area contributed by atoms with E-state index in [4.69, 9.17) is 0 Å². The molecule has 4 heteroatoms. The highest BCUT2D eigenvalue weighted by Gasteiger charge is 2.08. The van der Waals surface area contributed by atoms with Gasteiger partial charge in [0.25, 0.3) is 0 Å². The fraction of sp³-hybridized carbons (Fsp3) is 0.0714. The maximum absolute atomic E-state index is 12.3. The van der Waals surface area contributed by atoms with Gasteiger partial charge in [-0.25, -0.2) is 4.98 Å². The highest BCUT2D eigenvalue weighted by atomic mass is 32.1. The van der Waals surface area contributed by atoms with Crippen LogP contribution in [0.2, 0.25) is 0 Å². The number of hydrogen-bond donors (Lipinski definition) is 0. The van der Waals surface area contributed by atoms with E-state index in [1.54, 1.807) is 30.5 Å². The lowest BCUT2D eigenvalue weighted by molar-refractivity contribution is 0.101. The molecule has 0 aliphatic rings. The Hall–Kier alpha value is -2.07. The Morgan fingerprint density at radius 2 is 2.06 bits per heavy atom. The third-order valence-electron chi connectivity index (χ3n) is 2.85. The minimum absolute atomic E-state index is 0.0346. The van der Waals surface area contributed by atoms with Crippen molar-refractivity contribution in [2.45, 2.75) is 6.92 Å². The van der Waals surface area contributed by atoms with Gasteiger partial charge >= 0.3 is 0 Å². The van der Waals surface area contributed by atoms with Crippen molar-refractivity contribution in [2.75, 3.05) is 0 Å². The molecular formula is C14H9NO2S. The maximum atomic E-state index is 12.3. The van der Waals surface area contributed by atoms with Gasteiger partial charge < -0.3 is 0 Å². The van der Waals surface area contributed by atoms with Crippen LogP contribution in [0.1, 0.15) is 17.3 Å². The van der Waals surface area contributed by atoms with Gasteiger partial charge in [-0.3, -0.25) is 9.59 Å². The first-order valence-corrected chi connectivity index (χ1v) is 6.31. The second-order valence-corrected chi connectivity index (χ2v) is 5.09. The molecule has 3 nitrogen and oxygen atoms in total. The van der Waals surface area contributed by atoms with Crippen LogP contribution in [0.5, 0.6) is 0 Å². The summed E-state index contributed by atoms with van der Waals surface area (Å²) < 4.78 is 0.858. The van der Waals surface area contributed by atoms with Gasteiger partial charge in [0.15, 0.2) is 11.2 Å². The summed E-state index contributed by atoms with van der Waals surface area (Å²) >= 11 is 1.46. The van der Waals surface area contributed by atoms with Gasteiger partial charge in [-0.2, -0.15) is 0 Å². The molecule has 0 saturated heterocycles. The van der Waals surface area contributed by atoms with Crippen molar-refractivity contribution < 1.29 is 4.79 Å². The Labute approximate surface area is 107 Å². The van der Waals surface area contributed by atoms with Gasteiger partial charge in [-0.15, -0.1) is 11.3 Å². The summed E-state index contributed by atoms with van der Waals surface area (Å²) in [7, 11) is 0. The third kappa shape index (κ3) is 1.62. The van der Waals surface area contributed by atoms with E-state index in [1.165, 1.54) is 18.3 Å². The van der Waals surface area contributed by atoms with Gasteiger partial charge in [-0.1, -0.05) is 0 Å². The Morgan fingerprint density at radius 3 is 2.83 bits per heavy atom. The van der Waals surface area contributed by atoms with E-state index in [9.17, 15) is 9.59 Å². The van der Waals surface area contributed by atoms with Crippen molar-refractivity contribution in [3.05, 3.63) is 52.3 Å². The zero-order chi connectivity index (χ0) is 12.7. The summed E-state index contributed by atoms with van der Waals surface area (Å²) in [5.74, 6) is -0.0346. The van der Waals surface area contributed by atoms with Crippen molar-refractivity contribution in [3.8, 4) is 0 Å². The van der Waals surface area contributed by atoms with Crippen molar-refractivity contribution in [1.82, 2.24) is 4.98 Å². The molecule has 0 N–H and O–H groups in total. The average molecular weight is 255 g/mol. The number of rotatable bonds is 1. The summed E-state index contributed by atoms with van der Waals surface area (Å²) in [5.41, 5.74) is 0.505. The number of carbonyl (C=O) groups excluding carboxylic acids is 1. The lowest BCUT2D eigenvalue weighted by Crippen LogP contribution is -2.03. The van der Waals surface area contributed by atoms with E-state index < -0.39 is 0 Å². The molecule has 0 aliphatic heterocycles. The van der Waals surface area contributed by atoms with Gasteiger partial charge in [0.2, 0.25) is 0 Å². The minimum Gasteiger partial charge on any atom is -0.295 e. The predicted molar refractivity (Wildman–Crippen MR) is 73.4 cm³/mol. The highest BCUT2D eigenvalue weighted by molar-refractivity contribution is 7.24. The molecule has 3 rings (SSSR count). The average Bonchev–Trinajstić information content (AvgIpc) is 2.38. The zero-order valence-electron chi connectivity index (χ0n) is 9.64. The Morgan fingerprint density at radius 1 is 1.22 bits per heavy atom. The fourth-order valence-corrected chi connectivity index (χ4v) is 2.90. The molecular weight excluding hydrogens is 246 g/mol. The van der Waals surface area contributed by atoms with E-state index in [-0.39, 0.29) is 11.2 Å². The topological polar surface area (TPSA) is 47.0 Å². The number of Topliss-reactive ketones (excluding diaryl/α,β-unsaturated/α-hetero) is 1. The van der Waals surface area contributed by atoms with E-state index >= 15 is 0 Å². The number of fused-ring (bicyclic) bond motifs is 2. The van der Waals surface area contributed by atoms with E-state index in [1.807, 2.05) is 6.07 Å². The van der Waals surface area contributed by atoms with Crippen molar-refractivity contribution in [2.24, 2.45) is 0 Å². The Balaban J connectivity index is 2.49. The molecule has 3 aromatic rings. The molecule has 2 heterocycles. The first-order valence-electron chi connectivity index (χ1n) is 5.49. The number of nitrogens with zero attached hydrogens (tertiary/aromatic N) is 1. The molecule has 0 amide bonds. The molecule has 0 saturated carbocycles. The van der Waals surface area contributed by atoms with Crippen molar-refractivity contribution in [1.29, 1.82) is 0 Å². The van der Waals surface area contributed by atoms with Crippen LogP contribution in [0.15, 0.2) is 41.3 Å². The molecule has 0 radical (unpaired) electrons. The summed E-state index contributed by atoms with van der Waals surface area (Å²) in [6, 6.07) is 8.74.